The van der Waals surface area contributed by atoms with Crippen molar-refractivity contribution in [3.63, 3.8) is 0 Å². The zero-order valence-electron chi connectivity index (χ0n) is 12.6. The summed E-state index contributed by atoms with van der Waals surface area (Å²) in [5.41, 5.74) is 0.500. The zero-order valence-corrected chi connectivity index (χ0v) is 12.6. The number of aromatic nitrogens is 1. The Balaban J connectivity index is 2.01. The fourth-order valence-corrected chi connectivity index (χ4v) is 2.81. The number of likely N-dealkylation sites (tertiary alicyclic amines) is 1. The van der Waals surface area contributed by atoms with Gasteiger partial charge in [-0.1, -0.05) is 13.0 Å². The maximum atomic E-state index is 12.4. The SMILES string of the molecule is CCN1CCCC1CN(C)C(=O)c1cccc(NC)n1. The lowest BCUT2D eigenvalue weighted by Gasteiger charge is -2.27. The first kappa shape index (κ1) is 14.8. The summed E-state index contributed by atoms with van der Waals surface area (Å²) in [5, 5.41) is 2.96. The molecule has 1 atom stereocenters. The lowest BCUT2D eigenvalue weighted by atomic mass is 10.2. The van der Waals surface area contributed by atoms with Gasteiger partial charge in [-0.3, -0.25) is 9.69 Å². The highest BCUT2D eigenvalue weighted by Gasteiger charge is 2.26. The molecule has 0 radical (unpaired) electrons. The molecule has 5 nitrogen and oxygen atoms in total. The number of hydrogen-bond donors (Lipinski definition) is 1. The zero-order chi connectivity index (χ0) is 14.5. The topological polar surface area (TPSA) is 48.5 Å². The van der Waals surface area contributed by atoms with E-state index in [0.717, 1.165) is 25.5 Å². The van der Waals surface area contributed by atoms with Crippen LogP contribution in [0, 0.1) is 0 Å². The number of amides is 1. The molecule has 20 heavy (non-hydrogen) atoms. The van der Waals surface area contributed by atoms with Gasteiger partial charge >= 0.3 is 0 Å². The van der Waals surface area contributed by atoms with Crippen LogP contribution in [-0.2, 0) is 0 Å². The Hall–Kier alpha value is -1.62. The molecule has 1 fully saturated rings. The van der Waals surface area contributed by atoms with Crippen LogP contribution in [-0.4, -0.2) is 60.5 Å². The third-order valence-corrected chi connectivity index (χ3v) is 3.96. The average Bonchev–Trinajstić information content (AvgIpc) is 2.93. The maximum Gasteiger partial charge on any atom is 0.272 e. The van der Waals surface area contributed by atoms with E-state index in [9.17, 15) is 4.79 Å². The van der Waals surface area contributed by atoms with E-state index in [1.54, 1.807) is 18.0 Å². The van der Waals surface area contributed by atoms with E-state index in [4.69, 9.17) is 0 Å². The van der Waals surface area contributed by atoms with Crippen molar-refractivity contribution in [1.82, 2.24) is 14.8 Å². The lowest BCUT2D eigenvalue weighted by Crippen LogP contribution is -2.41. The molecule has 1 unspecified atom stereocenters. The van der Waals surface area contributed by atoms with Gasteiger partial charge in [0.25, 0.3) is 5.91 Å². The fraction of sp³-hybridized carbons (Fsp3) is 0.600. The van der Waals surface area contributed by atoms with Crippen molar-refractivity contribution in [2.75, 3.05) is 39.0 Å². The van der Waals surface area contributed by atoms with E-state index in [-0.39, 0.29) is 5.91 Å². The third kappa shape index (κ3) is 3.28. The van der Waals surface area contributed by atoms with E-state index in [1.807, 2.05) is 19.2 Å². The van der Waals surface area contributed by atoms with Gasteiger partial charge in [0.05, 0.1) is 0 Å². The Bertz CT molecular complexity index is 463. The summed E-state index contributed by atoms with van der Waals surface area (Å²) in [6.45, 7) is 5.16. The van der Waals surface area contributed by atoms with Gasteiger partial charge < -0.3 is 10.2 Å². The molecule has 1 aliphatic rings. The van der Waals surface area contributed by atoms with Crippen molar-refractivity contribution >= 4 is 11.7 Å². The largest absolute Gasteiger partial charge is 0.373 e. The first-order valence-electron chi connectivity index (χ1n) is 7.30. The number of likely N-dealkylation sites (N-methyl/N-ethyl adjacent to an activating group) is 2. The van der Waals surface area contributed by atoms with E-state index in [0.29, 0.717) is 11.7 Å². The van der Waals surface area contributed by atoms with E-state index < -0.39 is 0 Å². The molecule has 110 valence electrons. The van der Waals surface area contributed by atoms with Crippen molar-refractivity contribution in [3.8, 4) is 0 Å². The van der Waals surface area contributed by atoms with Gasteiger partial charge in [-0.25, -0.2) is 4.98 Å². The van der Waals surface area contributed by atoms with Crippen LogP contribution in [0.15, 0.2) is 18.2 Å². The summed E-state index contributed by atoms with van der Waals surface area (Å²) in [6.07, 6.45) is 2.41. The number of anilines is 1. The Morgan fingerprint density at radius 2 is 2.35 bits per heavy atom. The molecule has 2 rings (SSSR count). The number of nitrogens with zero attached hydrogens (tertiary/aromatic N) is 3. The molecule has 1 N–H and O–H groups in total. The molecule has 0 saturated carbocycles. The predicted molar refractivity (Wildman–Crippen MR) is 81.0 cm³/mol. The van der Waals surface area contributed by atoms with Crippen LogP contribution in [0.3, 0.4) is 0 Å². The highest BCUT2D eigenvalue weighted by atomic mass is 16.2. The Morgan fingerprint density at radius 3 is 3.05 bits per heavy atom. The normalized spacial score (nSPS) is 19.1. The standard InChI is InChI=1S/C15H24N4O/c1-4-19-10-6-7-12(19)11-18(3)15(20)13-8-5-9-14(16-2)17-13/h5,8-9,12H,4,6-7,10-11H2,1-3H3,(H,16,17). The summed E-state index contributed by atoms with van der Waals surface area (Å²) < 4.78 is 0. The molecule has 5 heteroatoms. The van der Waals surface area contributed by atoms with Crippen molar-refractivity contribution < 1.29 is 4.79 Å². The van der Waals surface area contributed by atoms with Crippen LogP contribution < -0.4 is 5.32 Å². The summed E-state index contributed by atoms with van der Waals surface area (Å²) in [6, 6.07) is 5.97. The second kappa shape index (κ2) is 6.70. The van der Waals surface area contributed by atoms with E-state index >= 15 is 0 Å². The Morgan fingerprint density at radius 1 is 1.55 bits per heavy atom. The maximum absolute atomic E-state index is 12.4. The first-order valence-corrected chi connectivity index (χ1v) is 7.30. The number of nitrogens with one attached hydrogen (secondary N) is 1. The molecule has 1 aromatic rings. The molecule has 0 aromatic carbocycles. The van der Waals surface area contributed by atoms with Gasteiger partial charge in [0.1, 0.15) is 11.5 Å². The van der Waals surface area contributed by atoms with Crippen molar-refractivity contribution in [2.45, 2.75) is 25.8 Å². The van der Waals surface area contributed by atoms with Crippen molar-refractivity contribution in [1.29, 1.82) is 0 Å². The average molecular weight is 276 g/mol. The summed E-state index contributed by atoms with van der Waals surface area (Å²) >= 11 is 0. The van der Waals surface area contributed by atoms with Gasteiger partial charge in [-0.05, 0) is 38.1 Å². The number of pyridine rings is 1. The molecule has 0 bridgehead atoms. The minimum atomic E-state index is -0.00921. The molecule has 0 spiro atoms. The Labute approximate surface area is 121 Å². The van der Waals surface area contributed by atoms with Crippen LogP contribution in [0.1, 0.15) is 30.3 Å². The number of carbonyl (C=O) groups is 1. The van der Waals surface area contributed by atoms with Crippen molar-refractivity contribution in [2.24, 2.45) is 0 Å². The fourth-order valence-electron chi connectivity index (χ4n) is 2.81. The minimum Gasteiger partial charge on any atom is -0.373 e. The molecule has 0 aliphatic carbocycles. The predicted octanol–water partition coefficient (Wildman–Crippen LogP) is 1.68. The minimum absolute atomic E-state index is 0.00921. The lowest BCUT2D eigenvalue weighted by molar-refractivity contribution is 0.0749. The van der Waals surface area contributed by atoms with Crippen LogP contribution in [0.2, 0.25) is 0 Å². The number of carbonyl (C=O) groups excluding carboxylic acids is 1. The molecular weight excluding hydrogens is 252 g/mol. The molecule has 1 saturated heterocycles. The second-order valence-electron chi connectivity index (χ2n) is 5.27. The highest BCUT2D eigenvalue weighted by molar-refractivity contribution is 5.92. The van der Waals surface area contributed by atoms with Crippen LogP contribution in [0.4, 0.5) is 5.82 Å². The molecule has 1 aromatic heterocycles. The van der Waals surface area contributed by atoms with E-state index in [2.05, 4.69) is 22.1 Å². The summed E-state index contributed by atoms with van der Waals surface area (Å²) in [5.74, 6) is 0.713. The Kier molecular flexibility index (Phi) is 4.95. The second-order valence-corrected chi connectivity index (χ2v) is 5.27. The van der Waals surface area contributed by atoms with Gasteiger partial charge in [0.15, 0.2) is 0 Å². The monoisotopic (exact) mass is 276 g/mol. The van der Waals surface area contributed by atoms with Crippen LogP contribution in [0.25, 0.3) is 0 Å². The molecule has 1 amide bonds. The van der Waals surface area contributed by atoms with Gasteiger partial charge in [0, 0.05) is 26.7 Å². The molecule has 1 aliphatic heterocycles. The summed E-state index contributed by atoms with van der Waals surface area (Å²) in [4.78, 5) is 21.0. The summed E-state index contributed by atoms with van der Waals surface area (Å²) in [7, 11) is 3.67. The third-order valence-electron chi connectivity index (χ3n) is 3.96. The smallest absolute Gasteiger partial charge is 0.272 e. The van der Waals surface area contributed by atoms with Gasteiger partial charge in [-0.2, -0.15) is 0 Å². The van der Waals surface area contributed by atoms with Crippen LogP contribution >= 0.6 is 0 Å². The number of rotatable bonds is 5. The molecular formula is C15H24N4O. The van der Waals surface area contributed by atoms with E-state index in [1.165, 1.54) is 12.8 Å². The van der Waals surface area contributed by atoms with Crippen LogP contribution in [0.5, 0.6) is 0 Å². The number of hydrogen-bond acceptors (Lipinski definition) is 4. The van der Waals surface area contributed by atoms with Gasteiger partial charge in [-0.15, -0.1) is 0 Å². The van der Waals surface area contributed by atoms with Crippen molar-refractivity contribution in [3.05, 3.63) is 23.9 Å². The van der Waals surface area contributed by atoms with Gasteiger partial charge in [0.2, 0.25) is 0 Å². The first-order chi connectivity index (χ1) is 9.65. The molecule has 2 heterocycles. The highest BCUT2D eigenvalue weighted by Crippen LogP contribution is 2.18. The quantitative estimate of drug-likeness (QED) is 0.889.